The van der Waals surface area contributed by atoms with E-state index >= 15 is 0 Å². The topological polar surface area (TPSA) is 40.6 Å². The molecule has 140 valence electrons. The lowest BCUT2D eigenvalue weighted by Gasteiger charge is -2.23. The normalized spacial score (nSPS) is 10.1. The van der Waals surface area contributed by atoms with Crippen molar-refractivity contribution in [1.82, 2.24) is 0 Å². The first-order chi connectivity index (χ1) is 13.2. The Balaban J connectivity index is 1.88. The zero-order valence-electron chi connectivity index (χ0n) is 15.6. The third kappa shape index (κ3) is 5.96. The molecule has 2 rings (SSSR count). The molecule has 0 atom stereocenters. The van der Waals surface area contributed by atoms with E-state index < -0.39 is 0 Å². The molecule has 0 unspecified atom stereocenters. The number of amides is 2. The lowest BCUT2D eigenvalue weighted by molar-refractivity contribution is -0.114. The second-order valence-electron chi connectivity index (χ2n) is 6.12. The summed E-state index contributed by atoms with van der Waals surface area (Å²) in [5, 5.41) is 0. The highest BCUT2D eigenvalue weighted by molar-refractivity contribution is 6.01. The summed E-state index contributed by atoms with van der Waals surface area (Å²) < 4.78 is 0. The van der Waals surface area contributed by atoms with E-state index in [1.807, 2.05) is 60.7 Å². The number of benzene rings is 2. The van der Waals surface area contributed by atoms with Crippen LogP contribution >= 0.6 is 0 Å². The van der Waals surface area contributed by atoms with E-state index in [0.29, 0.717) is 13.1 Å². The van der Waals surface area contributed by atoms with Crippen molar-refractivity contribution < 1.29 is 9.59 Å². The molecule has 2 amide bonds. The monoisotopic (exact) mass is 362 g/mol. The summed E-state index contributed by atoms with van der Waals surface area (Å²) in [6.45, 7) is 8.43. The van der Waals surface area contributed by atoms with Gasteiger partial charge >= 0.3 is 0 Å². The minimum atomic E-state index is -0.103. The molecule has 0 aliphatic heterocycles. The van der Waals surface area contributed by atoms with Gasteiger partial charge in [-0.1, -0.05) is 49.6 Å². The van der Waals surface area contributed by atoms with Gasteiger partial charge in [-0.15, -0.1) is 0 Å². The molecule has 27 heavy (non-hydrogen) atoms. The second-order valence-corrected chi connectivity index (χ2v) is 6.12. The van der Waals surface area contributed by atoms with Crippen LogP contribution in [0.3, 0.4) is 0 Å². The third-order valence-corrected chi connectivity index (χ3v) is 4.28. The number of unbranched alkanes of at least 4 members (excludes halogenated alkanes) is 2. The molecule has 4 nitrogen and oxygen atoms in total. The predicted molar refractivity (Wildman–Crippen MR) is 112 cm³/mol. The summed E-state index contributed by atoms with van der Waals surface area (Å²) in [5.74, 6) is -0.206. The summed E-state index contributed by atoms with van der Waals surface area (Å²) in [6, 6.07) is 19.2. The fourth-order valence-corrected chi connectivity index (χ4v) is 2.89. The van der Waals surface area contributed by atoms with E-state index in [1.165, 1.54) is 12.2 Å². The molecule has 2 aromatic carbocycles. The van der Waals surface area contributed by atoms with Crippen molar-refractivity contribution in [2.45, 2.75) is 19.3 Å². The fourth-order valence-electron chi connectivity index (χ4n) is 2.89. The largest absolute Gasteiger partial charge is 0.309 e. The van der Waals surface area contributed by atoms with Crippen LogP contribution in [0.4, 0.5) is 11.4 Å². The molecular weight excluding hydrogens is 336 g/mol. The molecule has 0 fully saturated rings. The van der Waals surface area contributed by atoms with Crippen LogP contribution in [0.25, 0.3) is 0 Å². The number of hydrogen-bond acceptors (Lipinski definition) is 2. The Kier molecular flexibility index (Phi) is 8.04. The SMILES string of the molecule is C=CC(=O)N(CCCCCN(C(=O)C=C)c1ccccc1)c1ccccc1. The molecule has 0 saturated heterocycles. The smallest absolute Gasteiger partial charge is 0.250 e. The van der Waals surface area contributed by atoms with E-state index in [9.17, 15) is 9.59 Å². The van der Waals surface area contributed by atoms with Gasteiger partial charge in [-0.05, 0) is 55.7 Å². The van der Waals surface area contributed by atoms with Gasteiger partial charge in [0.1, 0.15) is 0 Å². The van der Waals surface area contributed by atoms with E-state index in [-0.39, 0.29) is 11.8 Å². The molecular formula is C23H26N2O2. The van der Waals surface area contributed by atoms with Gasteiger partial charge in [-0.25, -0.2) is 0 Å². The molecule has 0 aliphatic carbocycles. The molecule has 2 aromatic rings. The maximum Gasteiger partial charge on any atom is 0.250 e. The van der Waals surface area contributed by atoms with Crippen LogP contribution in [0.15, 0.2) is 86.0 Å². The van der Waals surface area contributed by atoms with Crippen molar-refractivity contribution in [3.8, 4) is 0 Å². The quantitative estimate of drug-likeness (QED) is 0.458. The highest BCUT2D eigenvalue weighted by atomic mass is 16.2. The first-order valence-electron chi connectivity index (χ1n) is 9.15. The first kappa shape index (κ1) is 20.2. The average molecular weight is 362 g/mol. The van der Waals surface area contributed by atoms with Crippen molar-refractivity contribution in [3.63, 3.8) is 0 Å². The molecule has 0 bridgehead atoms. The van der Waals surface area contributed by atoms with Gasteiger partial charge < -0.3 is 9.80 Å². The van der Waals surface area contributed by atoms with Gasteiger partial charge in [0.2, 0.25) is 11.8 Å². The van der Waals surface area contributed by atoms with Gasteiger partial charge in [-0.2, -0.15) is 0 Å². The zero-order chi connectivity index (χ0) is 19.5. The number of para-hydroxylation sites is 2. The zero-order valence-corrected chi connectivity index (χ0v) is 15.6. The number of rotatable bonds is 10. The molecule has 0 spiro atoms. The average Bonchev–Trinajstić information content (AvgIpc) is 2.73. The van der Waals surface area contributed by atoms with Crippen molar-refractivity contribution in [3.05, 3.63) is 86.0 Å². The molecule has 0 aromatic heterocycles. The van der Waals surface area contributed by atoms with E-state index in [4.69, 9.17) is 0 Å². The minimum absolute atomic E-state index is 0.103. The molecule has 0 saturated carbocycles. The summed E-state index contributed by atoms with van der Waals surface area (Å²) in [5.41, 5.74) is 1.74. The lowest BCUT2D eigenvalue weighted by Crippen LogP contribution is -2.31. The molecule has 4 heteroatoms. The van der Waals surface area contributed by atoms with Crippen LogP contribution in [-0.4, -0.2) is 24.9 Å². The molecule has 0 radical (unpaired) electrons. The Labute approximate surface area is 161 Å². The maximum atomic E-state index is 12.1. The lowest BCUT2D eigenvalue weighted by atomic mass is 10.2. The minimum Gasteiger partial charge on any atom is -0.309 e. The van der Waals surface area contributed by atoms with Crippen molar-refractivity contribution >= 4 is 23.2 Å². The van der Waals surface area contributed by atoms with E-state index in [2.05, 4.69) is 13.2 Å². The summed E-state index contributed by atoms with van der Waals surface area (Å²) in [4.78, 5) is 27.7. The standard InChI is InChI=1S/C23H26N2O2/c1-3-22(26)24(20-14-8-5-9-15-20)18-12-7-13-19-25(23(27)4-2)21-16-10-6-11-17-21/h3-6,8-11,14-17H,1-2,7,12-13,18-19H2. The van der Waals surface area contributed by atoms with Gasteiger partial charge in [0, 0.05) is 24.5 Å². The summed E-state index contributed by atoms with van der Waals surface area (Å²) in [7, 11) is 0. The Morgan fingerprint density at radius 2 is 1.04 bits per heavy atom. The van der Waals surface area contributed by atoms with Crippen LogP contribution in [0.2, 0.25) is 0 Å². The van der Waals surface area contributed by atoms with Crippen LogP contribution < -0.4 is 9.80 Å². The van der Waals surface area contributed by atoms with Crippen LogP contribution in [-0.2, 0) is 9.59 Å². The molecule has 0 N–H and O–H groups in total. The van der Waals surface area contributed by atoms with Crippen LogP contribution in [0.1, 0.15) is 19.3 Å². The number of carbonyl (C=O) groups excluding carboxylic acids is 2. The summed E-state index contributed by atoms with van der Waals surface area (Å²) in [6.07, 6.45) is 5.28. The Morgan fingerprint density at radius 3 is 1.37 bits per heavy atom. The molecule has 0 aliphatic rings. The highest BCUT2D eigenvalue weighted by Crippen LogP contribution is 2.17. The van der Waals surface area contributed by atoms with Gasteiger partial charge in [0.25, 0.3) is 0 Å². The summed E-state index contributed by atoms with van der Waals surface area (Å²) >= 11 is 0. The highest BCUT2D eigenvalue weighted by Gasteiger charge is 2.14. The maximum absolute atomic E-state index is 12.1. The fraction of sp³-hybridized carbons (Fsp3) is 0.217. The third-order valence-electron chi connectivity index (χ3n) is 4.28. The van der Waals surface area contributed by atoms with Crippen molar-refractivity contribution in [1.29, 1.82) is 0 Å². The van der Waals surface area contributed by atoms with Crippen molar-refractivity contribution in [2.24, 2.45) is 0 Å². The van der Waals surface area contributed by atoms with Gasteiger partial charge in [-0.3, -0.25) is 9.59 Å². The number of nitrogens with zero attached hydrogens (tertiary/aromatic N) is 2. The Morgan fingerprint density at radius 1 is 0.667 bits per heavy atom. The number of hydrogen-bond donors (Lipinski definition) is 0. The predicted octanol–water partition coefficient (Wildman–Crippen LogP) is 4.60. The Hall–Kier alpha value is -3.14. The number of anilines is 2. The van der Waals surface area contributed by atoms with Gasteiger partial charge in [0.05, 0.1) is 0 Å². The van der Waals surface area contributed by atoms with E-state index in [1.54, 1.807) is 9.80 Å². The second kappa shape index (κ2) is 10.8. The van der Waals surface area contributed by atoms with Gasteiger partial charge in [0.15, 0.2) is 0 Å². The van der Waals surface area contributed by atoms with Crippen LogP contribution in [0.5, 0.6) is 0 Å². The van der Waals surface area contributed by atoms with Crippen LogP contribution in [0, 0.1) is 0 Å². The Bertz CT molecular complexity index is 691. The molecule has 0 heterocycles. The van der Waals surface area contributed by atoms with E-state index in [0.717, 1.165) is 30.6 Å². The van der Waals surface area contributed by atoms with Crippen molar-refractivity contribution in [2.75, 3.05) is 22.9 Å². The first-order valence-corrected chi connectivity index (χ1v) is 9.15. The number of carbonyl (C=O) groups is 2.